The van der Waals surface area contributed by atoms with Crippen LogP contribution in [0, 0.1) is 0 Å². The number of nitrogens with zero attached hydrogens (tertiary/aromatic N) is 2. The van der Waals surface area contributed by atoms with E-state index in [1.54, 1.807) is 24.8 Å². The lowest BCUT2D eigenvalue weighted by atomic mass is 10.1. The van der Waals surface area contributed by atoms with Crippen LogP contribution < -0.4 is 19.8 Å². The van der Waals surface area contributed by atoms with Crippen molar-refractivity contribution in [3.05, 3.63) is 52.9 Å². The van der Waals surface area contributed by atoms with Crippen molar-refractivity contribution in [2.24, 2.45) is 0 Å². The first-order chi connectivity index (χ1) is 14.7. The Kier molecular flexibility index (Phi) is 4.35. The van der Waals surface area contributed by atoms with Crippen molar-refractivity contribution < 1.29 is 14.2 Å². The molecule has 0 saturated carbocycles. The Bertz CT molecular complexity index is 1460. The van der Waals surface area contributed by atoms with Crippen LogP contribution >= 0.6 is 0 Å². The van der Waals surface area contributed by atoms with Crippen LogP contribution in [0.1, 0.15) is 19.8 Å². The van der Waals surface area contributed by atoms with Gasteiger partial charge in [0, 0.05) is 22.4 Å². The number of ether oxygens (including phenoxy) is 3. The zero-order chi connectivity index (χ0) is 20.8. The molecule has 0 N–H and O–H groups in total. The number of hydrogen-bond acceptors (Lipinski definition) is 5. The Morgan fingerprint density at radius 3 is 2.63 bits per heavy atom. The zero-order valence-corrected chi connectivity index (χ0v) is 17.2. The van der Waals surface area contributed by atoms with Gasteiger partial charge < -0.3 is 14.2 Å². The van der Waals surface area contributed by atoms with E-state index in [-0.39, 0.29) is 5.56 Å². The van der Waals surface area contributed by atoms with Crippen LogP contribution in [-0.4, -0.2) is 30.2 Å². The quantitative estimate of drug-likeness (QED) is 0.302. The van der Waals surface area contributed by atoms with Crippen LogP contribution in [0.3, 0.4) is 0 Å². The van der Waals surface area contributed by atoms with Gasteiger partial charge in [0.1, 0.15) is 5.75 Å². The monoisotopic (exact) mass is 402 g/mol. The molecule has 152 valence electrons. The lowest BCUT2D eigenvalue weighted by Crippen LogP contribution is -2.14. The van der Waals surface area contributed by atoms with Gasteiger partial charge in [-0.15, -0.1) is 0 Å². The van der Waals surface area contributed by atoms with Crippen LogP contribution in [-0.2, 0) is 0 Å². The number of methoxy groups -OCH3 is 2. The van der Waals surface area contributed by atoms with E-state index in [4.69, 9.17) is 14.2 Å². The first-order valence-corrected chi connectivity index (χ1v) is 10.1. The van der Waals surface area contributed by atoms with Crippen LogP contribution in [0.25, 0.3) is 38.1 Å². The first-order valence-electron chi connectivity index (χ1n) is 10.1. The van der Waals surface area contributed by atoms with Gasteiger partial charge in [0.2, 0.25) is 0 Å². The topological polar surface area (TPSA) is 62.1 Å². The van der Waals surface area contributed by atoms with E-state index >= 15 is 0 Å². The minimum absolute atomic E-state index is 0.152. The second-order valence-corrected chi connectivity index (χ2v) is 7.30. The molecule has 0 unspecified atom stereocenters. The molecule has 0 amide bonds. The molecule has 0 spiro atoms. The van der Waals surface area contributed by atoms with E-state index in [9.17, 15) is 4.79 Å². The second kappa shape index (κ2) is 7.06. The summed E-state index contributed by atoms with van der Waals surface area (Å²) in [4.78, 5) is 18.3. The summed E-state index contributed by atoms with van der Waals surface area (Å²) in [6.07, 6.45) is 3.86. The summed E-state index contributed by atoms with van der Waals surface area (Å²) in [7, 11) is 3.11. The molecule has 30 heavy (non-hydrogen) atoms. The Morgan fingerprint density at radius 2 is 1.87 bits per heavy atom. The zero-order valence-electron chi connectivity index (χ0n) is 17.2. The summed E-state index contributed by atoms with van der Waals surface area (Å²) in [5.41, 5.74) is 2.24. The number of aromatic nitrogens is 2. The third-order valence-electron chi connectivity index (χ3n) is 5.63. The third-order valence-corrected chi connectivity index (χ3v) is 5.63. The molecule has 3 aromatic heterocycles. The van der Waals surface area contributed by atoms with E-state index < -0.39 is 0 Å². The molecule has 0 atom stereocenters. The molecule has 0 radical (unpaired) electrons. The Hall–Kier alpha value is -3.54. The molecule has 2 aromatic carbocycles. The predicted octanol–water partition coefficient (Wildman–Crippen LogP) is 4.79. The highest BCUT2D eigenvalue weighted by molar-refractivity contribution is 6.19. The van der Waals surface area contributed by atoms with Crippen LogP contribution in [0.2, 0.25) is 0 Å². The van der Waals surface area contributed by atoms with Crippen molar-refractivity contribution in [1.82, 2.24) is 9.38 Å². The number of pyridine rings is 2. The van der Waals surface area contributed by atoms with Gasteiger partial charge in [0.15, 0.2) is 11.5 Å². The molecule has 0 bridgehead atoms. The van der Waals surface area contributed by atoms with Crippen LogP contribution in [0.15, 0.2) is 47.4 Å². The molecule has 0 saturated heterocycles. The third kappa shape index (κ3) is 2.49. The standard InChI is InChI=1S/C24H22N2O4/c1-4-5-12-30-14-6-8-18-17(13-14)15-10-11-25-21-16-7-9-19(28-2)23(29-3)20(16)24(27)26(18)22(15)21/h6-11,13H,4-5,12H2,1-3H3. The summed E-state index contributed by atoms with van der Waals surface area (Å²) in [6.45, 7) is 2.81. The van der Waals surface area contributed by atoms with Gasteiger partial charge in [-0.3, -0.25) is 14.2 Å². The molecule has 0 aliphatic rings. The van der Waals surface area contributed by atoms with E-state index in [0.29, 0.717) is 23.5 Å². The largest absolute Gasteiger partial charge is 0.494 e. The maximum Gasteiger partial charge on any atom is 0.267 e. The summed E-state index contributed by atoms with van der Waals surface area (Å²) in [5, 5.41) is 3.16. The van der Waals surface area contributed by atoms with E-state index in [1.807, 2.05) is 36.4 Å². The predicted molar refractivity (Wildman–Crippen MR) is 119 cm³/mol. The fourth-order valence-electron chi connectivity index (χ4n) is 4.22. The molecule has 0 aliphatic heterocycles. The van der Waals surface area contributed by atoms with Crippen molar-refractivity contribution in [3.63, 3.8) is 0 Å². The molecule has 6 nitrogen and oxygen atoms in total. The molecule has 6 heteroatoms. The Balaban J connectivity index is 1.92. The summed E-state index contributed by atoms with van der Waals surface area (Å²) >= 11 is 0. The van der Waals surface area contributed by atoms with E-state index in [0.717, 1.165) is 51.3 Å². The Labute approximate surface area is 172 Å². The normalized spacial score (nSPS) is 11.7. The molecular weight excluding hydrogens is 380 g/mol. The van der Waals surface area contributed by atoms with Gasteiger partial charge in [-0.2, -0.15) is 0 Å². The van der Waals surface area contributed by atoms with E-state index in [2.05, 4.69) is 11.9 Å². The highest BCUT2D eigenvalue weighted by Crippen LogP contribution is 2.39. The summed E-state index contributed by atoms with van der Waals surface area (Å²) in [5.74, 6) is 1.74. The van der Waals surface area contributed by atoms with Gasteiger partial charge in [0.25, 0.3) is 5.56 Å². The fraction of sp³-hybridized carbons (Fsp3) is 0.250. The lowest BCUT2D eigenvalue weighted by molar-refractivity contribution is 0.310. The maximum absolute atomic E-state index is 13.7. The average Bonchev–Trinajstić information content (AvgIpc) is 3.11. The molecule has 3 heterocycles. The van der Waals surface area contributed by atoms with Crippen molar-refractivity contribution in [3.8, 4) is 17.2 Å². The van der Waals surface area contributed by atoms with Gasteiger partial charge in [-0.05, 0) is 42.8 Å². The number of unbranched alkanes of at least 4 members (excludes halogenated alkanes) is 1. The van der Waals surface area contributed by atoms with E-state index in [1.165, 1.54) is 0 Å². The highest BCUT2D eigenvalue weighted by Gasteiger charge is 2.22. The fourth-order valence-corrected chi connectivity index (χ4v) is 4.22. The Morgan fingerprint density at radius 1 is 1.00 bits per heavy atom. The van der Waals surface area contributed by atoms with Crippen molar-refractivity contribution in [2.45, 2.75) is 19.8 Å². The van der Waals surface area contributed by atoms with Crippen molar-refractivity contribution in [1.29, 1.82) is 0 Å². The number of benzene rings is 2. The van der Waals surface area contributed by atoms with Gasteiger partial charge in [0.05, 0.1) is 42.8 Å². The second-order valence-electron chi connectivity index (χ2n) is 7.30. The smallest absolute Gasteiger partial charge is 0.267 e. The van der Waals surface area contributed by atoms with Gasteiger partial charge in [-0.25, -0.2) is 0 Å². The molecule has 5 rings (SSSR count). The molecule has 0 fully saturated rings. The minimum atomic E-state index is -0.152. The van der Waals surface area contributed by atoms with Gasteiger partial charge >= 0.3 is 0 Å². The van der Waals surface area contributed by atoms with Crippen LogP contribution in [0.5, 0.6) is 17.2 Å². The van der Waals surface area contributed by atoms with Gasteiger partial charge in [-0.1, -0.05) is 13.3 Å². The SMILES string of the molecule is CCCCOc1ccc2c(c1)c1ccnc3c4ccc(OC)c(OC)c4c(=O)n2c13. The number of fused-ring (bicyclic) bond motifs is 5. The molecule has 0 aliphatic carbocycles. The highest BCUT2D eigenvalue weighted by atomic mass is 16.5. The van der Waals surface area contributed by atoms with Crippen molar-refractivity contribution >= 4 is 38.1 Å². The molecular formula is C24H22N2O4. The number of hydrogen-bond donors (Lipinski definition) is 0. The molecule has 5 aromatic rings. The summed E-state index contributed by atoms with van der Waals surface area (Å²) in [6, 6.07) is 11.5. The maximum atomic E-state index is 13.7. The summed E-state index contributed by atoms with van der Waals surface area (Å²) < 4.78 is 18.6. The first kappa shape index (κ1) is 18.5. The number of rotatable bonds is 6. The average molecular weight is 402 g/mol. The van der Waals surface area contributed by atoms with Crippen molar-refractivity contribution in [2.75, 3.05) is 20.8 Å². The van der Waals surface area contributed by atoms with Crippen LogP contribution in [0.4, 0.5) is 0 Å². The minimum Gasteiger partial charge on any atom is -0.494 e. The lowest BCUT2D eigenvalue weighted by Gasteiger charge is -2.12.